The lowest BCUT2D eigenvalue weighted by Gasteiger charge is -2.07. The van der Waals surface area contributed by atoms with E-state index in [1.807, 2.05) is 4.57 Å². The van der Waals surface area contributed by atoms with Crippen LogP contribution in [-0.2, 0) is 22.5 Å². The zero-order valence-corrected chi connectivity index (χ0v) is 17.0. The van der Waals surface area contributed by atoms with Gasteiger partial charge in [0.25, 0.3) is 5.91 Å². The minimum Gasteiger partial charge on any atom is -0.478 e. The first-order valence-electron chi connectivity index (χ1n) is 9.63. The van der Waals surface area contributed by atoms with Crippen LogP contribution >= 0.6 is 0 Å². The number of unbranched alkanes of at least 4 members (excludes halogenated alkanes) is 3. The number of nitrogens with zero attached hydrogens (tertiary/aromatic N) is 2. The first-order valence-corrected chi connectivity index (χ1v) is 9.63. The number of nitrogens with one attached hydrogen (secondary N) is 1. The fourth-order valence-electron chi connectivity index (χ4n) is 2.98. The average Bonchev–Trinajstić information content (AvgIpc) is 3.05. The maximum absolute atomic E-state index is 12.6. The number of amides is 1. The summed E-state index contributed by atoms with van der Waals surface area (Å²) in [5.41, 5.74) is 0.724. The van der Waals surface area contributed by atoms with Gasteiger partial charge in [-0.3, -0.25) is 9.59 Å². The number of rotatable bonds is 10. The van der Waals surface area contributed by atoms with Gasteiger partial charge in [0.2, 0.25) is 0 Å². The quantitative estimate of drug-likeness (QED) is 0.466. The number of aromatic nitrogens is 2. The molecule has 0 aliphatic heterocycles. The van der Waals surface area contributed by atoms with E-state index in [0.717, 1.165) is 31.2 Å². The predicted molar refractivity (Wildman–Crippen MR) is 108 cm³/mol. The molecule has 0 fully saturated rings. The first kappa shape index (κ1) is 22.1. The van der Waals surface area contributed by atoms with Crippen LogP contribution in [0.4, 0.5) is 5.82 Å². The topological polar surface area (TPSA) is 111 Å². The van der Waals surface area contributed by atoms with Crippen LogP contribution in [0.3, 0.4) is 0 Å². The van der Waals surface area contributed by atoms with Crippen molar-refractivity contribution in [1.29, 1.82) is 0 Å². The number of anilines is 1. The summed E-state index contributed by atoms with van der Waals surface area (Å²) < 4.78 is 6.55. The van der Waals surface area contributed by atoms with E-state index in [4.69, 9.17) is 4.74 Å². The lowest BCUT2D eigenvalue weighted by molar-refractivity contribution is -0.139. The summed E-state index contributed by atoms with van der Waals surface area (Å²) in [6.45, 7) is 4.55. The summed E-state index contributed by atoms with van der Waals surface area (Å²) in [6, 6.07) is 4.61. The van der Waals surface area contributed by atoms with Gasteiger partial charge in [0.1, 0.15) is 12.2 Å². The van der Waals surface area contributed by atoms with Crippen LogP contribution in [0.2, 0.25) is 0 Å². The maximum Gasteiger partial charge on any atom is 0.336 e. The van der Waals surface area contributed by atoms with Gasteiger partial charge in [0, 0.05) is 12.7 Å². The molecule has 1 heterocycles. The number of aromatic carboxylic acids is 1. The molecule has 8 heteroatoms. The molecule has 156 valence electrons. The minimum absolute atomic E-state index is 0.00887. The normalized spacial score (nSPS) is 10.6. The minimum atomic E-state index is -1.17. The van der Waals surface area contributed by atoms with Crippen molar-refractivity contribution in [2.45, 2.75) is 52.5 Å². The molecule has 0 bridgehead atoms. The molecule has 0 radical (unpaired) electrons. The molecule has 0 spiro atoms. The number of hydrogen-bond acceptors (Lipinski definition) is 5. The van der Waals surface area contributed by atoms with Crippen molar-refractivity contribution >= 4 is 23.7 Å². The number of ether oxygens (including phenoxy) is 1. The highest BCUT2D eigenvalue weighted by Gasteiger charge is 2.19. The Hall–Kier alpha value is -3.16. The number of carbonyl (C=O) groups is 3. The van der Waals surface area contributed by atoms with Gasteiger partial charge in [-0.25, -0.2) is 9.78 Å². The number of methoxy groups -OCH3 is 1. The van der Waals surface area contributed by atoms with E-state index in [2.05, 4.69) is 17.2 Å². The van der Waals surface area contributed by atoms with E-state index in [0.29, 0.717) is 12.4 Å². The number of benzene rings is 1. The first-order chi connectivity index (χ1) is 13.8. The summed E-state index contributed by atoms with van der Waals surface area (Å²) >= 11 is 0. The Morgan fingerprint density at radius 1 is 1.17 bits per heavy atom. The molecule has 0 atom stereocenters. The molecule has 1 aromatic carbocycles. The molecule has 0 saturated heterocycles. The van der Waals surface area contributed by atoms with Gasteiger partial charge in [-0.15, -0.1) is 0 Å². The number of carboxylic acids is 1. The van der Waals surface area contributed by atoms with Crippen molar-refractivity contribution in [3.63, 3.8) is 0 Å². The number of imidazole rings is 1. The fourth-order valence-corrected chi connectivity index (χ4v) is 2.98. The van der Waals surface area contributed by atoms with Gasteiger partial charge in [-0.2, -0.15) is 0 Å². The monoisotopic (exact) mass is 401 g/mol. The van der Waals surface area contributed by atoms with E-state index in [1.54, 1.807) is 19.2 Å². The van der Waals surface area contributed by atoms with Gasteiger partial charge in [0.15, 0.2) is 5.82 Å². The Morgan fingerprint density at radius 2 is 1.93 bits per heavy atom. The van der Waals surface area contributed by atoms with Gasteiger partial charge in [0.05, 0.1) is 18.2 Å². The molecule has 2 rings (SSSR count). The summed E-state index contributed by atoms with van der Waals surface area (Å²) in [5, 5.41) is 12.0. The van der Waals surface area contributed by atoms with Crippen LogP contribution in [0, 0.1) is 6.92 Å². The van der Waals surface area contributed by atoms with Crippen LogP contribution in [0.25, 0.3) is 0 Å². The summed E-state index contributed by atoms with van der Waals surface area (Å²) in [4.78, 5) is 40.1. The summed E-state index contributed by atoms with van der Waals surface area (Å²) in [5.74, 6) is -1.41. The van der Waals surface area contributed by atoms with Crippen molar-refractivity contribution in [2.24, 2.45) is 0 Å². The van der Waals surface area contributed by atoms with Gasteiger partial charge < -0.3 is 19.7 Å². The second kappa shape index (κ2) is 10.4. The van der Waals surface area contributed by atoms with Crippen LogP contribution in [0.1, 0.15) is 64.7 Å². The van der Waals surface area contributed by atoms with Crippen molar-refractivity contribution < 1.29 is 24.2 Å². The van der Waals surface area contributed by atoms with Crippen molar-refractivity contribution in [1.82, 2.24) is 9.55 Å². The lowest BCUT2D eigenvalue weighted by Crippen LogP contribution is -2.17. The average molecular weight is 401 g/mol. The van der Waals surface area contributed by atoms with E-state index in [1.165, 1.54) is 19.2 Å². The van der Waals surface area contributed by atoms with E-state index < -0.39 is 17.8 Å². The van der Waals surface area contributed by atoms with Gasteiger partial charge in [-0.05, 0) is 25.5 Å². The molecule has 0 aliphatic carbocycles. The van der Waals surface area contributed by atoms with E-state index in [9.17, 15) is 19.5 Å². The van der Waals surface area contributed by atoms with Gasteiger partial charge in [-0.1, -0.05) is 37.8 Å². The molecule has 0 unspecified atom stereocenters. The fraction of sp³-hybridized carbons (Fsp3) is 0.429. The molecule has 2 aromatic rings. The molecule has 0 saturated carbocycles. The molecule has 1 aromatic heterocycles. The second-order valence-corrected chi connectivity index (χ2v) is 6.86. The Morgan fingerprint density at radius 3 is 2.59 bits per heavy atom. The smallest absolute Gasteiger partial charge is 0.336 e. The maximum atomic E-state index is 12.6. The largest absolute Gasteiger partial charge is 0.478 e. The molecule has 0 aliphatic rings. The van der Waals surface area contributed by atoms with Crippen molar-refractivity contribution in [2.75, 3.05) is 12.4 Å². The lowest BCUT2D eigenvalue weighted by atomic mass is 10.0. The number of carbonyl (C=O) groups excluding carboxylic acids is 2. The highest BCUT2D eigenvalue weighted by molar-refractivity contribution is 6.10. The zero-order chi connectivity index (χ0) is 21.4. The third-order valence-corrected chi connectivity index (χ3v) is 4.53. The molecular formula is C21H27N3O5. The second-order valence-electron chi connectivity index (χ2n) is 6.86. The van der Waals surface area contributed by atoms with E-state index >= 15 is 0 Å². The standard InChI is InChI=1S/C21H27N3O5/c1-4-5-6-7-10-24-13-17(22-18(24)12-19(25)29-3)23-20(26)15-9-8-14(2)11-16(15)21(27)28/h8-9,11,13H,4-7,10,12H2,1-3H3,(H,23,26)(H,27,28). The van der Waals surface area contributed by atoms with Crippen molar-refractivity contribution in [3.05, 3.63) is 46.9 Å². The Kier molecular flexibility index (Phi) is 7.94. The molecule has 29 heavy (non-hydrogen) atoms. The van der Waals surface area contributed by atoms with Crippen LogP contribution in [-0.4, -0.2) is 39.6 Å². The predicted octanol–water partition coefficient (Wildman–Crippen LogP) is 3.44. The van der Waals surface area contributed by atoms with Gasteiger partial charge >= 0.3 is 11.9 Å². The SMILES string of the molecule is CCCCCCn1cc(NC(=O)c2ccc(C)cc2C(=O)O)nc1CC(=O)OC. The summed E-state index contributed by atoms with van der Waals surface area (Å²) in [6.07, 6.45) is 5.87. The van der Waals surface area contributed by atoms with E-state index in [-0.39, 0.29) is 23.4 Å². The summed E-state index contributed by atoms with van der Waals surface area (Å²) in [7, 11) is 1.31. The third-order valence-electron chi connectivity index (χ3n) is 4.53. The third kappa shape index (κ3) is 6.17. The zero-order valence-electron chi connectivity index (χ0n) is 17.0. The number of aryl methyl sites for hydroxylation is 2. The number of hydrogen-bond donors (Lipinski definition) is 2. The van der Waals surface area contributed by atoms with Crippen LogP contribution in [0.15, 0.2) is 24.4 Å². The Labute approximate surface area is 169 Å². The molecular weight excluding hydrogens is 374 g/mol. The number of carboxylic acid groups (broad SMARTS) is 1. The Balaban J connectivity index is 2.22. The Bertz CT molecular complexity index is 888. The molecule has 8 nitrogen and oxygen atoms in total. The van der Waals surface area contributed by atoms with Crippen LogP contribution < -0.4 is 5.32 Å². The molecule has 1 amide bonds. The number of esters is 1. The highest BCUT2D eigenvalue weighted by atomic mass is 16.5. The highest BCUT2D eigenvalue weighted by Crippen LogP contribution is 2.17. The van der Waals surface area contributed by atoms with Crippen LogP contribution in [0.5, 0.6) is 0 Å². The molecule has 2 N–H and O–H groups in total. The van der Waals surface area contributed by atoms with Crippen molar-refractivity contribution in [3.8, 4) is 0 Å².